The lowest BCUT2D eigenvalue weighted by molar-refractivity contribution is -0.120. The molecule has 0 atom stereocenters. The van der Waals surface area contributed by atoms with E-state index in [-0.39, 0.29) is 5.91 Å². The molecular weight excluding hydrogens is 292 g/mol. The number of rotatable bonds is 5. The lowest BCUT2D eigenvalue weighted by atomic mass is 10.2. The third kappa shape index (κ3) is 3.54. The molecule has 0 fully saturated rings. The van der Waals surface area contributed by atoms with Crippen LogP contribution in [0, 0.1) is 0 Å². The first-order valence-corrected chi connectivity index (χ1v) is 7.93. The zero-order valence-corrected chi connectivity index (χ0v) is 12.8. The summed E-state index contributed by atoms with van der Waals surface area (Å²) in [6, 6.07) is 23.5. The summed E-state index contributed by atoms with van der Waals surface area (Å²) in [4.78, 5) is 13.4. The van der Waals surface area contributed by atoms with E-state index < -0.39 is 0 Å². The van der Waals surface area contributed by atoms with Crippen LogP contribution in [-0.2, 0) is 11.2 Å². The molecule has 0 spiro atoms. The third-order valence-corrected chi connectivity index (χ3v) is 4.06. The largest absolute Gasteiger partial charge is 0.273 e. The fourth-order valence-electron chi connectivity index (χ4n) is 2.17. The Kier molecular flexibility index (Phi) is 4.51. The molecule has 1 heterocycles. The summed E-state index contributed by atoms with van der Waals surface area (Å²) in [5.41, 5.74) is 4.84. The van der Waals surface area contributed by atoms with E-state index in [1.54, 1.807) is 11.3 Å². The van der Waals surface area contributed by atoms with Gasteiger partial charge in [-0.2, -0.15) is 0 Å². The van der Waals surface area contributed by atoms with Crippen LogP contribution in [0.1, 0.15) is 4.88 Å². The van der Waals surface area contributed by atoms with Crippen molar-refractivity contribution in [3.05, 3.63) is 83.1 Å². The molecule has 3 aromatic rings. The highest BCUT2D eigenvalue weighted by atomic mass is 32.1. The highest BCUT2D eigenvalue weighted by Crippen LogP contribution is 2.22. The molecule has 0 radical (unpaired) electrons. The van der Waals surface area contributed by atoms with Gasteiger partial charge in [-0.05, 0) is 35.7 Å². The van der Waals surface area contributed by atoms with Crippen LogP contribution in [0.4, 0.5) is 11.4 Å². The van der Waals surface area contributed by atoms with E-state index in [1.807, 2.05) is 83.2 Å². The standard InChI is InChI=1S/C18H16N2OS/c21-18(14-17-12-7-13-22-17)19-20(15-8-3-1-4-9-15)16-10-5-2-6-11-16/h1-13H,14H2,(H,19,21). The van der Waals surface area contributed by atoms with Crippen molar-refractivity contribution in [1.82, 2.24) is 5.43 Å². The maximum absolute atomic E-state index is 12.3. The van der Waals surface area contributed by atoms with Crippen molar-refractivity contribution >= 4 is 28.6 Å². The summed E-state index contributed by atoms with van der Waals surface area (Å²) >= 11 is 1.59. The van der Waals surface area contributed by atoms with E-state index in [1.165, 1.54) is 0 Å². The van der Waals surface area contributed by atoms with Crippen molar-refractivity contribution in [1.29, 1.82) is 0 Å². The second-order valence-electron chi connectivity index (χ2n) is 4.80. The van der Waals surface area contributed by atoms with Gasteiger partial charge >= 0.3 is 0 Å². The summed E-state index contributed by atoms with van der Waals surface area (Å²) in [5.74, 6) is -0.0323. The van der Waals surface area contributed by atoms with E-state index in [9.17, 15) is 4.79 Å². The first-order chi connectivity index (χ1) is 10.8. The van der Waals surface area contributed by atoms with Crippen LogP contribution in [0.15, 0.2) is 78.2 Å². The Morgan fingerprint density at radius 3 is 1.95 bits per heavy atom. The number of hydrogen-bond donors (Lipinski definition) is 1. The fourth-order valence-corrected chi connectivity index (χ4v) is 2.87. The summed E-state index contributed by atoms with van der Waals surface area (Å²) < 4.78 is 0. The number of para-hydroxylation sites is 2. The quantitative estimate of drug-likeness (QED) is 0.718. The molecule has 3 rings (SSSR count). The van der Waals surface area contributed by atoms with Crippen molar-refractivity contribution in [2.24, 2.45) is 0 Å². The molecule has 0 unspecified atom stereocenters. The van der Waals surface area contributed by atoms with Crippen molar-refractivity contribution in [2.75, 3.05) is 5.01 Å². The molecule has 0 bridgehead atoms. The Hall–Kier alpha value is -2.59. The summed E-state index contributed by atoms with van der Waals surface area (Å²) in [7, 11) is 0. The molecule has 1 aromatic heterocycles. The van der Waals surface area contributed by atoms with Gasteiger partial charge in [0.05, 0.1) is 17.8 Å². The van der Waals surface area contributed by atoms with Gasteiger partial charge < -0.3 is 0 Å². The van der Waals surface area contributed by atoms with Crippen LogP contribution in [0.5, 0.6) is 0 Å². The van der Waals surface area contributed by atoms with E-state index in [0.717, 1.165) is 16.3 Å². The molecule has 0 aliphatic heterocycles. The van der Waals surface area contributed by atoms with Gasteiger partial charge in [0.2, 0.25) is 5.91 Å². The molecule has 0 aliphatic rings. The van der Waals surface area contributed by atoms with Gasteiger partial charge in [-0.15, -0.1) is 11.3 Å². The molecular formula is C18H16N2OS. The second-order valence-corrected chi connectivity index (χ2v) is 5.83. The molecule has 110 valence electrons. The summed E-state index contributed by atoms with van der Waals surface area (Å²) in [6.45, 7) is 0. The van der Waals surface area contributed by atoms with Crippen LogP contribution in [0.25, 0.3) is 0 Å². The van der Waals surface area contributed by atoms with Gasteiger partial charge in [0, 0.05) is 4.88 Å². The number of anilines is 2. The zero-order chi connectivity index (χ0) is 15.2. The topological polar surface area (TPSA) is 32.3 Å². The molecule has 1 N–H and O–H groups in total. The third-order valence-electron chi connectivity index (χ3n) is 3.18. The maximum atomic E-state index is 12.3. The van der Waals surface area contributed by atoms with Crippen LogP contribution in [0.2, 0.25) is 0 Å². The predicted molar refractivity (Wildman–Crippen MR) is 91.2 cm³/mol. The van der Waals surface area contributed by atoms with Gasteiger partial charge in [0.25, 0.3) is 0 Å². The Morgan fingerprint density at radius 2 is 1.45 bits per heavy atom. The SMILES string of the molecule is O=C(Cc1cccs1)NN(c1ccccc1)c1ccccc1. The molecule has 3 nitrogen and oxygen atoms in total. The van der Waals surface area contributed by atoms with Gasteiger partial charge in [0.1, 0.15) is 0 Å². The van der Waals surface area contributed by atoms with Crippen LogP contribution >= 0.6 is 11.3 Å². The fraction of sp³-hybridized carbons (Fsp3) is 0.0556. The summed E-state index contributed by atoms with van der Waals surface area (Å²) in [5, 5.41) is 3.80. The van der Waals surface area contributed by atoms with Crippen LogP contribution in [-0.4, -0.2) is 5.91 Å². The summed E-state index contributed by atoms with van der Waals surface area (Å²) in [6.07, 6.45) is 0.383. The Morgan fingerprint density at radius 1 is 0.864 bits per heavy atom. The van der Waals surface area contributed by atoms with Crippen LogP contribution < -0.4 is 10.4 Å². The molecule has 1 amide bonds. The first-order valence-electron chi connectivity index (χ1n) is 7.05. The zero-order valence-electron chi connectivity index (χ0n) is 12.0. The van der Waals surface area contributed by atoms with Gasteiger partial charge in [-0.3, -0.25) is 15.2 Å². The number of benzene rings is 2. The number of carbonyl (C=O) groups excluding carboxylic acids is 1. The number of carbonyl (C=O) groups is 1. The van der Waals surface area contributed by atoms with E-state index in [4.69, 9.17) is 0 Å². The molecule has 2 aromatic carbocycles. The maximum Gasteiger partial charge on any atom is 0.244 e. The number of nitrogens with one attached hydrogen (secondary N) is 1. The molecule has 4 heteroatoms. The number of hydrogen-bond acceptors (Lipinski definition) is 3. The minimum Gasteiger partial charge on any atom is -0.273 e. The minimum absolute atomic E-state index is 0.0323. The van der Waals surface area contributed by atoms with Crippen molar-refractivity contribution in [2.45, 2.75) is 6.42 Å². The Bertz CT molecular complexity index is 672. The molecule has 0 aliphatic carbocycles. The van der Waals surface area contributed by atoms with Gasteiger partial charge in [-0.1, -0.05) is 42.5 Å². The highest BCUT2D eigenvalue weighted by molar-refractivity contribution is 7.10. The smallest absolute Gasteiger partial charge is 0.244 e. The monoisotopic (exact) mass is 308 g/mol. The van der Waals surface area contributed by atoms with Crippen molar-refractivity contribution in [3.8, 4) is 0 Å². The number of thiophene rings is 1. The average Bonchev–Trinajstić information content (AvgIpc) is 3.07. The number of hydrazine groups is 1. The normalized spacial score (nSPS) is 10.2. The van der Waals surface area contributed by atoms with E-state index in [0.29, 0.717) is 6.42 Å². The number of amides is 1. The highest BCUT2D eigenvalue weighted by Gasteiger charge is 2.13. The van der Waals surface area contributed by atoms with E-state index in [2.05, 4.69) is 5.43 Å². The Balaban J connectivity index is 1.81. The second kappa shape index (κ2) is 6.91. The minimum atomic E-state index is -0.0323. The molecule has 0 saturated heterocycles. The van der Waals surface area contributed by atoms with E-state index >= 15 is 0 Å². The average molecular weight is 308 g/mol. The molecule has 0 saturated carbocycles. The predicted octanol–water partition coefficient (Wildman–Crippen LogP) is 4.16. The Labute approximate surface area is 133 Å². The first kappa shape index (κ1) is 14.4. The lowest BCUT2D eigenvalue weighted by Crippen LogP contribution is -2.39. The lowest BCUT2D eigenvalue weighted by Gasteiger charge is -2.25. The molecule has 22 heavy (non-hydrogen) atoms. The van der Waals surface area contributed by atoms with Crippen LogP contribution in [0.3, 0.4) is 0 Å². The van der Waals surface area contributed by atoms with Gasteiger partial charge in [0.15, 0.2) is 0 Å². The van der Waals surface area contributed by atoms with Crippen molar-refractivity contribution in [3.63, 3.8) is 0 Å². The number of nitrogens with zero attached hydrogens (tertiary/aromatic N) is 1. The van der Waals surface area contributed by atoms with Gasteiger partial charge in [-0.25, -0.2) is 0 Å². The van der Waals surface area contributed by atoms with Crippen molar-refractivity contribution < 1.29 is 4.79 Å².